The lowest BCUT2D eigenvalue weighted by molar-refractivity contribution is -0.117. The van der Waals surface area contributed by atoms with Crippen molar-refractivity contribution in [3.8, 4) is 5.75 Å². The Morgan fingerprint density at radius 3 is 2.33 bits per heavy atom. The Hall–Kier alpha value is -3.66. The number of rotatable bonds is 9. The minimum absolute atomic E-state index is 0.0413. The molecule has 3 N–H and O–H groups in total. The van der Waals surface area contributed by atoms with Gasteiger partial charge >= 0.3 is 0 Å². The van der Waals surface area contributed by atoms with Gasteiger partial charge in [-0.15, -0.1) is 0 Å². The van der Waals surface area contributed by atoms with Gasteiger partial charge in [0.1, 0.15) is 11.4 Å². The fourth-order valence-corrected chi connectivity index (χ4v) is 4.36. The van der Waals surface area contributed by atoms with E-state index in [1.54, 1.807) is 43.3 Å². The standard InChI is InChI=1S/C28H29IN4O3/c1-4-33(5-2)24-13-11-20(12-14-24)16-25(31-27(35)21-9-7-6-8-10-21)28(36)32-30-18-22-17-23(29)15-19(3)26(22)34/h6-18,34H,4-5H2,1-3H3,(H,31,35)(H,32,36)/b25-16+,30-18?. The maximum Gasteiger partial charge on any atom is 0.287 e. The van der Waals surface area contributed by atoms with Crippen molar-refractivity contribution in [2.45, 2.75) is 20.8 Å². The second kappa shape index (κ2) is 12.9. The van der Waals surface area contributed by atoms with Crippen LogP contribution in [0.2, 0.25) is 0 Å². The molecule has 3 aromatic carbocycles. The van der Waals surface area contributed by atoms with E-state index in [2.05, 4.69) is 57.2 Å². The minimum Gasteiger partial charge on any atom is -0.507 e. The summed E-state index contributed by atoms with van der Waals surface area (Å²) >= 11 is 2.15. The second-order valence-electron chi connectivity index (χ2n) is 8.00. The van der Waals surface area contributed by atoms with Crippen molar-refractivity contribution in [2.75, 3.05) is 18.0 Å². The summed E-state index contributed by atoms with van der Waals surface area (Å²) in [6.07, 6.45) is 2.97. The molecule has 186 valence electrons. The molecule has 0 heterocycles. The SMILES string of the molecule is CCN(CC)c1ccc(/C=C(/NC(=O)c2ccccc2)C(=O)NN=Cc2cc(I)cc(C)c2O)cc1. The molecule has 0 atom stereocenters. The van der Waals surface area contributed by atoms with Crippen molar-refractivity contribution in [3.05, 3.63) is 98.3 Å². The molecule has 0 unspecified atom stereocenters. The van der Waals surface area contributed by atoms with Gasteiger partial charge < -0.3 is 15.3 Å². The van der Waals surface area contributed by atoms with Crippen LogP contribution >= 0.6 is 22.6 Å². The van der Waals surface area contributed by atoms with E-state index >= 15 is 0 Å². The first-order chi connectivity index (χ1) is 17.3. The molecular formula is C28H29IN4O3. The zero-order chi connectivity index (χ0) is 26.1. The summed E-state index contributed by atoms with van der Waals surface area (Å²) in [6.45, 7) is 7.76. The zero-order valence-corrected chi connectivity index (χ0v) is 22.6. The van der Waals surface area contributed by atoms with Gasteiger partial charge in [0.05, 0.1) is 6.21 Å². The smallest absolute Gasteiger partial charge is 0.287 e. The van der Waals surface area contributed by atoms with Gasteiger partial charge in [-0.25, -0.2) is 5.43 Å². The summed E-state index contributed by atoms with van der Waals surface area (Å²) in [5, 5.41) is 16.9. The van der Waals surface area contributed by atoms with Gasteiger partial charge in [0, 0.05) is 33.5 Å². The predicted molar refractivity (Wildman–Crippen MR) is 153 cm³/mol. The highest BCUT2D eigenvalue weighted by molar-refractivity contribution is 14.1. The fourth-order valence-electron chi connectivity index (χ4n) is 3.56. The van der Waals surface area contributed by atoms with Gasteiger partial charge in [0.2, 0.25) is 0 Å². The van der Waals surface area contributed by atoms with Gasteiger partial charge in [-0.1, -0.05) is 30.3 Å². The van der Waals surface area contributed by atoms with Crippen LogP contribution in [-0.4, -0.2) is 36.2 Å². The average molecular weight is 596 g/mol. The molecule has 7 nitrogen and oxygen atoms in total. The molecule has 0 spiro atoms. The zero-order valence-electron chi connectivity index (χ0n) is 20.5. The highest BCUT2D eigenvalue weighted by Crippen LogP contribution is 2.23. The summed E-state index contributed by atoms with van der Waals surface area (Å²) in [4.78, 5) is 28.0. The van der Waals surface area contributed by atoms with Crippen LogP contribution in [0.25, 0.3) is 6.08 Å². The third-order valence-electron chi connectivity index (χ3n) is 5.53. The Labute approximate surface area is 225 Å². The third-order valence-corrected chi connectivity index (χ3v) is 6.15. The number of halogens is 1. The van der Waals surface area contributed by atoms with Crippen LogP contribution < -0.4 is 15.6 Å². The van der Waals surface area contributed by atoms with E-state index in [1.807, 2.05) is 36.4 Å². The highest BCUT2D eigenvalue weighted by atomic mass is 127. The number of hydrazone groups is 1. The van der Waals surface area contributed by atoms with E-state index in [4.69, 9.17) is 0 Å². The van der Waals surface area contributed by atoms with Crippen molar-refractivity contribution in [3.63, 3.8) is 0 Å². The molecule has 36 heavy (non-hydrogen) atoms. The molecule has 0 fully saturated rings. The number of nitrogens with zero attached hydrogens (tertiary/aromatic N) is 2. The molecule has 8 heteroatoms. The van der Waals surface area contributed by atoms with E-state index in [0.717, 1.165) is 27.9 Å². The number of hydrogen-bond donors (Lipinski definition) is 3. The maximum atomic E-state index is 13.0. The number of phenols is 1. The van der Waals surface area contributed by atoms with Gasteiger partial charge in [0.25, 0.3) is 11.8 Å². The van der Waals surface area contributed by atoms with Gasteiger partial charge in [0.15, 0.2) is 0 Å². The van der Waals surface area contributed by atoms with Crippen molar-refractivity contribution in [2.24, 2.45) is 5.10 Å². The van der Waals surface area contributed by atoms with E-state index in [9.17, 15) is 14.7 Å². The molecule has 0 bridgehead atoms. The van der Waals surface area contributed by atoms with Crippen LogP contribution in [0.5, 0.6) is 5.75 Å². The number of aryl methyl sites for hydroxylation is 1. The number of carbonyl (C=O) groups excluding carboxylic acids is 2. The molecule has 2 amide bonds. The molecule has 0 aliphatic rings. The lowest BCUT2D eigenvalue weighted by atomic mass is 10.1. The van der Waals surface area contributed by atoms with E-state index in [0.29, 0.717) is 16.7 Å². The van der Waals surface area contributed by atoms with Crippen molar-refractivity contribution >= 4 is 52.4 Å². The molecule has 0 aliphatic heterocycles. The Bertz CT molecular complexity index is 1270. The number of benzene rings is 3. The average Bonchev–Trinajstić information content (AvgIpc) is 2.88. The summed E-state index contributed by atoms with van der Waals surface area (Å²) in [5.41, 5.74) is 5.93. The van der Waals surface area contributed by atoms with Crippen molar-refractivity contribution < 1.29 is 14.7 Å². The minimum atomic E-state index is -0.592. The van der Waals surface area contributed by atoms with Gasteiger partial charge in [-0.2, -0.15) is 5.10 Å². The number of anilines is 1. The maximum absolute atomic E-state index is 13.0. The lowest BCUT2D eigenvalue weighted by Gasteiger charge is -2.21. The Morgan fingerprint density at radius 1 is 1.03 bits per heavy atom. The third kappa shape index (κ3) is 7.17. The number of phenolic OH excluding ortho intramolecular Hbond substituents is 1. The van der Waals surface area contributed by atoms with Crippen LogP contribution in [0.1, 0.15) is 40.9 Å². The first-order valence-corrected chi connectivity index (χ1v) is 12.7. The second-order valence-corrected chi connectivity index (χ2v) is 9.25. The summed E-state index contributed by atoms with van der Waals surface area (Å²) in [5.74, 6) is -0.910. The normalized spacial score (nSPS) is 11.4. The number of hydrogen-bond acceptors (Lipinski definition) is 5. The van der Waals surface area contributed by atoms with Crippen molar-refractivity contribution in [1.82, 2.24) is 10.7 Å². The topological polar surface area (TPSA) is 94.0 Å². The summed E-state index contributed by atoms with van der Waals surface area (Å²) in [6, 6.07) is 20.0. The van der Waals surface area contributed by atoms with E-state index in [1.165, 1.54) is 6.21 Å². The molecule has 3 rings (SSSR count). The van der Waals surface area contributed by atoms with Crippen LogP contribution in [0.15, 0.2) is 77.5 Å². The van der Waals surface area contributed by atoms with Crippen LogP contribution in [0.3, 0.4) is 0 Å². The number of nitrogens with one attached hydrogen (secondary N) is 2. The highest BCUT2D eigenvalue weighted by Gasteiger charge is 2.15. The number of amides is 2. The molecule has 0 saturated carbocycles. The summed E-state index contributed by atoms with van der Waals surface area (Å²) < 4.78 is 0.930. The number of aromatic hydroxyl groups is 1. The molecule has 0 aliphatic carbocycles. The predicted octanol–water partition coefficient (Wildman–Crippen LogP) is 5.07. The first-order valence-electron chi connectivity index (χ1n) is 11.6. The fraction of sp³-hybridized carbons (Fsp3) is 0.179. The molecular weight excluding hydrogens is 567 g/mol. The van der Waals surface area contributed by atoms with Crippen LogP contribution in [0, 0.1) is 10.5 Å². The molecule has 0 radical (unpaired) electrons. The van der Waals surface area contributed by atoms with E-state index in [-0.39, 0.29) is 11.4 Å². The van der Waals surface area contributed by atoms with E-state index < -0.39 is 11.8 Å². The molecule has 0 saturated heterocycles. The van der Waals surface area contributed by atoms with Gasteiger partial charge in [-0.3, -0.25) is 9.59 Å². The molecule has 3 aromatic rings. The van der Waals surface area contributed by atoms with Gasteiger partial charge in [-0.05, 0) is 97.0 Å². The quantitative estimate of drug-likeness (QED) is 0.139. The van der Waals surface area contributed by atoms with Crippen LogP contribution in [0.4, 0.5) is 5.69 Å². The Kier molecular flexibility index (Phi) is 9.63. The number of carbonyl (C=O) groups is 2. The van der Waals surface area contributed by atoms with Crippen molar-refractivity contribution in [1.29, 1.82) is 0 Å². The first kappa shape index (κ1) is 26.9. The summed E-state index contributed by atoms with van der Waals surface area (Å²) in [7, 11) is 0. The lowest BCUT2D eigenvalue weighted by Crippen LogP contribution is -2.32. The monoisotopic (exact) mass is 596 g/mol. The Morgan fingerprint density at radius 2 is 1.69 bits per heavy atom. The largest absolute Gasteiger partial charge is 0.507 e. The van der Waals surface area contributed by atoms with Crippen LogP contribution in [-0.2, 0) is 4.79 Å². The Balaban J connectivity index is 1.85. The molecule has 0 aromatic heterocycles.